The number of nitrogens with zero attached hydrogens (tertiary/aromatic N) is 4. The summed E-state index contributed by atoms with van der Waals surface area (Å²) in [4.78, 5) is 13.7. The van der Waals surface area contributed by atoms with Crippen LogP contribution in [-0.2, 0) is 0 Å². The topological polar surface area (TPSA) is 41.5 Å². The molecule has 0 saturated carbocycles. The second kappa shape index (κ2) is 6.43. The fourth-order valence-electron chi connectivity index (χ4n) is 2.85. The standard InChI is InChI=1S/C16H24N4O/c1-13(2)12-21-16-10-17-9-15(18-16)20-8-5-14(11-20)19-6-3-4-7-19/h3-4,9-10,13-14H,5-8,11-12H2,1-2H3/t14-/m0/s1. The van der Waals surface area contributed by atoms with Gasteiger partial charge in [0.2, 0.25) is 5.88 Å². The average molecular weight is 288 g/mol. The molecule has 1 fully saturated rings. The molecule has 0 spiro atoms. The Morgan fingerprint density at radius 3 is 2.86 bits per heavy atom. The summed E-state index contributed by atoms with van der Waals surface area (Å²) in [5, 5.41) is 0. The number of aromatic nitrogens is 2. The number of anilines is 1. The minimum atomic E-state index is 0.495. The Hall–Kier alpha value is -1.62. The molecule has 2 aliphatic heterocycles. The van der Waals surface area contributed by atoms with Gasteiger partial charge in [-0.2, -0.15) is 4.98 Å². The van der Waals surface area contributed by atoms with Gasteiger partial charge in [0.15, 0.2) is 5.82 Å². The lowest BCUT2D eigenvalue weighted by Crippen LogP contribution is -2.35. The van der Waals surface area contributed by atoms with Gasteiger partial charge >= 0.3 is 0 Å². The number of rotatable bonds is 5. The van der Waals surface area contributed by atoms with Crippen LogP contribution in [0, 0.1) is 5.92 Å². The lowest BCUT2D eigenvalue weighted by atomic mass is 10.2. The normalized spacial score (nSPS) is 22.4. The zero-order valence-corrected chi connectivity index (χ0v) is 12.9. The molecule has 0 bridgehead atoms. The van der Waals surface area contributed by atoms with E-state index in [0.29, 0.717) is 24.4 Å². The Labute approximate surface area is 126 Å². The van der Waals surface area contributed by atoms with E-state index in [-0.39, 0.29) is 0 Å². The lowest BCUT2D eigenvalue weighted by molar-refractivity contribution is 0.260. The highest BCUT2D eigenvalue weighted by Gasteiger charge is 2.28. The van der Waals surface area contributed by atoms with E-state index in [4.69, 9.17) is 4.74 Å². The van der Waals surface area contributed by atoms with Gasteiger partial charge in [-0.3, -0.25) is 9.88 Å². The Kier molecular flexibility index (Phi) is 4.39. The summed E-state index contributed by atoms with van der Waals surface area (Å²) < 4.78 is 5.67. The molecule has 0 amide bonds. The smallest absolute Gasteiger partial charge is 0.234 e. The molecule has 1 atom stereocenters. The second-order valence-corrected chi connectivity index (χ2v) is 6.23. The van der Waals surface area contributed by atoms with E-state index in [1.165, 1.54) is 6.42 Å². The van der Waals surface area contributed by atoms with E-state index < -0.39 is 0 Å². The number of hydrogen-bond acceptors (Lipinski definition) is 5. The van der Waals surface area contributed by atoms with E-state index in [1.54, 1.807) is 6.20 Å². The van der Waals surface area contributed by atoms with Crippen molar-refractivity contribution in [3.05, 3.63) is 24.5 Å². The third-order valence-corrected chi connectivity index (χ3v) is 4.01. The first-order valence-electron chi connectivity index (χ1n) is 7.81. The molecule has 0 unspecified atom stereocenters. The molecule has 0 N–H and O–H groups in total. The van der Waals surface area contributed by atoms with Crippen molar-refractivity contribution in [2.24, 2.45) is 5.92 Å². The first-order chi connectivity index (χ1) is 10.2. The predicted molar refractivity (Wildman–Crippen MR) is 83.7 cm³/mol. The molecule has 0 aliphatic carbocycles. The molecule has 5 heteroatoms. The molecule has 1 saturated heterocycles. The fraction of sp³-hybridized carbons (Fsp3) is 0.625. The fourth-order valence-corrected chi connectivity index (χ4v) is 2.85. The summed E-state index contributed by atoms with van der Waals surface area (Å²) in [5.74, 6) is 2.06. The average Bonchev–Trinajstić information content (AvgIpc) is 3.16. The van der Waals surface area contributed by atoms with Gasteiger partial charge in [-0.05, 0) is 12.3 Å². The van der Waals surface area contributed by atoms with Crippen LogP contribution in [-0.4, -0.2) is 53.7 Å². The van der Waals surface area contributed by atoms with Crippen molar-refractivity contribution in [3.63, 3.8) is 0 Å². The maximum atomic E-state index is 5.67. The number of ether oxygens (including phenoxy) is 1. The van der Waals surface area contributed by atoms with Gasteiger partial charge in [-0.15, -0.1) is 0 Å². The Morgan fingerprint density at radius 1 is 1.29 bits per heavy atom. The minimum absolute atomic E-state index is 0.495. The number of hydrogen-bond donors (Lipinski definition) is 0. The molecular weight excluding hydrogens is 264 g/mol. The Bertz CT molecular complexity index is 495. The molecule has 5 nitrogen and oxygen atoms in total. The van der Waals surface area contributed by atoms with Crippen molar-refractivity contribution in [2.75, 3.05) is 37.7 Å². The molecule has 21 heavy (non-hydrogen) atoms. The molecule has 1 aromatic heterocycles. The van der Waals surface area contributed by atoms with Crippen LogP contribution < -0.4 is 9.64 Å². The van der Waals surface area contributed by atoms with Gasteiger partial charge in [-0.25, -0.2) is 0 Å². The minimum Gasteiger partial charge on any atom is -0.476 e. The van der Waals surface area contributed by atoms with Crippen LogP contribution in [0.25, 0.3) is 0 Å². The van der Waals surface area contributed by atoms with Crippen molar-refractivity contribution in [1.82, 2.24) is 14.9 Å². The first-order valence-corrected chi connectivity index (χ1v) is 7.81. The Balaban J connectivity index is 1.60. The van der Waals surface area contributed by atoms with E-state index in [1.807, 2.05) is 6.20 Å². The molecule has 3 rings (SSSR count). The van der Waals surface area contributed by atoms with E-state index in [2.05, 4.69) is 45.8 Å². The van der Waals surface area contributed by atoms with Crippen LogP contribution in [0.2, 0.25) is 0 Å². The maximum absolute atomic E-state index is 5.67. The highest BCUT2D eigenvalue weighted by molar-refractivity contribution is 5.39. The van der Waals surface area contributed by atoms with Crippen molar-refractivity contribution in [3.8, 4) is 5.88 Å². The van der Waals surface area contributed by atoms with Gasteiger partial charge in [0, 0.05) is 32.2 Å². The molecule has 1 aromatic rings. The summed E-state index contributed by atoms with van der Waals surface area (Å²) in [6.07, 6.45) is 9.24. The van der Waals surface area contributed by atoms with E-state index in [0.717, 1.165) is 32.0 Å². The highest BCUT2D eigenvalue weighted by Crippen LogP contribution is 2.23. The summed E-state index contributed by atoms with van der Waals surface area (Å²) in [6.45, 7) is 9.19. The molecule has 2 aliphatic rings. The van der Waals surface area contributed by atoms with Gasteiger partial charge in [0.05, 0.1) is 19.0 Å². The van der Waals surface area contributed by atoms with Crippen molar-refractivity contribution in [2.45, 2.75) is 26.3 Å². The van der Waals surface area contributed by atoms with E-state index in [9.17, 15) is 0 Å². The van der Waals surface area contributed by atoms with Crippen molar-refractivity contribution in [1.29, 1.82) is 0 Å². The molecule has 0 radical (unpaired) electrons. The van der Waals surface area contributed by atoms with Crippen molar-refractivity contribution >= 4 is 5.82 Å². The zero-order chi connectivity index (χ0) is 14.7. The quantitative estimate of drug-likeness (QED) is 0.775. The third kappa shape index (κ3) is 3.53. The van der Waals surface area contributed by atoms with Crippen LogP contribution in [0.1, 0.15) is 20.3 Å². The van der Waals surface area contributed by atoms with Gasteiger partial charge < -0.3 is 9.64 Å². The van der Waals surface area contributed by atoms with Gasteiger partial charge in [-0.1, -0.05) is 26.0 Å². The zero-order valence-electron chi connectivity index (χ0n) is 12.9. The lowest BCUT2D eigenvalue weighted by Gasteiger charge is -2.24. The molecule has 0 aromatic carbocycles. The van der Waals surface area contributed by atoms with Crippen LogP contribution in [0.3, 0.4) is 0 Å². The van der Waals surface area contributed by atoms with E-state index >= 15 is 0 Å². The molecular formula is C16H24N4O. The summed E-state index contributed by atoms with van der Waals surface area (Å²) in [5.41, 5.74) is 0. The second-order valence-electron chi connectivity index (χ2n) is 6.23. The van der Waals surface area contributed by atoms with Crippen LogP contribution >= 0.6 is 0 Å². The van der Waals surface area contributed by atoms with Crippen LogP contribution in [0.15, 0.2) is 24.5 Å². The van der Waals surface area contributed by atoms with Gasteiger partial charge in [0.25, 0.3) is 0 Å². The summed E-state index contributed by atoms with van der Waals surface area (Å²) >= 11 is 0. The maximum Gasteiger partial charge on any atom is 0.234 e. The predicted octanol–water partition coefficient (Wildman–Crippen LogP) is 1.96. The van der Waals surface area contributed by atoms with Crippen molar-refractivity contribution < 1.29 is 4.74 Å². The Morgan fingerprint density at radius 2 is 2.10 bits per heavy atom. The van der Waals surface area contributed by atoms with Gasteiger partial charge in [0.1, 0.15) is 0 Å². The monoisotopic (exact) mass is 288 g/mol. The molecule has 3 heterocycles. The SMILES string of the molecule is CC(C)COc1cncc(N2CC[C@H](N3CC=CC3)C2)n1. The summed E-state index contributed by atoms with van der Waals surface area (Å²) in [7, 11) is 0. The summed E-state index contributed by atoms with van der Waals surface area (Å²) in [6, 6.07) is 0.627. The van der Waals surface area contributed by atoms with Crippen LogP contribution in [0.5, 0.6) is 5.88 Å². The largest absolute Gasteiger partial charge is 0.476 e. The third-order valence-electron chi connectivity index (χ3n) is 4.01. The van der Waals surface area contributed by atoms with Crippen LogP contribution in [0.4, 0.5) is 5.82 Å². The highest BCUT2D eigenvalue weighted by atomic mass is 16.5. The first kappa shape index (κ1) is 14.3. The molecule has 114 valence electrons.